The number of rotatable bonds is 12. The number of carboxylic acid groups (broad SMARTS) is 1. The fraction of sp³-hybridized carbons (Fsp3) is 0.444. The Morgan fingerprint density at radius 2 is 2.02 bits per heavy atom. The Bertz CT molecular complexity index is 1260. The van der Waals surface area contributed by atoms with Crippen molar-refractivity contribution in [3.63, 3.8) is 0 Å². The minimum Gasteiger partial charge on any atom is -0.477 e. The van der Waals surface area contributed by atoms with Crippen LogP contribution < -0.4 is 22.5 Å². The summed E-state index contributed by atoms with van der Waals surface area (Å²) in [4.78, 5) is 48.4. The van der Waals surface area contributed by atoms with E-state index in [0.717, 1.165) is 11.3 Å². The van der Waals surface area contributed by atoms with Gasteiger partial charge < -0.3 is 32.5 Å². The second kappa shape index (κ2) is 16.2. The van der Waals surface area contributed by atoms with Crippen LogP contribution in [0.1, 0.15) is 5.69 Å². The Morgan fingerprint density at radius 3 is 2.65 bits per heavy atom. The molecule has 2 aliphatic heterocycles. The molecule has 0 aromatic carbocycles. The number of nitrogens with two attached hydrogens (primary N) is 3. The van der Waals surface area contributed by atoms with E-state index in [4.69, 9.17) is 22.0 Å². The lowest BCUT2D eigenvalue weighted by Crippen LogP contribution is -2.71. The number of carbonyl (C=O) groups excluding carboxylic acids is 2. The molecule has 40 heavy (non-hydrogen) atoms. The number of aromatic nitrogens is 5. The molecule has 0 saturated carbocycles. The topological polar surface area (TPSA) is 243 Å². The van der Waals surface area contributed by atoms with Crippen LogP contribution in [0, 0.1) is 0 Å². The van der Waals surface area contributed by atoms with Gasteiger partial charge in [0, 0.05) is 30.0 Å². The maximum Gasteiger partial charge on any atom is 0.352 e. The molecule has 4 rings (SSSR count). The summed E-state index contributed by atoms with van der Waals surface area (Å²) >= 11 is 3.70. The third-order valence-electron chi connectivity index (χ3n) is 5.10. The minimum absolute atomic E-state index is 0. The smallest absolute Gasteiger partial charge is 0.352 e. The first-order valence-electron chi connectivity index (χ1n) is 10.8. The Labute approximate surface area is 258 Å². The highest BCUT2D eigenvalue weighted by molar-refractivity contribution is 8.01. The van der Waals surface area contributed by atoms with Gasteiger partial charge in [0.05, 0.1) is 6.54 Å². The number of oxime groups is 1. The van der Waals surface area contributed by atoms with Gasteiger partial charge in [0.15, 0.2) is 10.8 Å². The number of nitrogens with one attached hydrogen (secondary N) is 1. The largest absolute Gasteiger partial charge is 0.477 e. The quantitative estimate of drug-likeness (QED) is 0.0604. The number of β-lactam (4-membered cyclic amide) rings is 1. The fourth-order valence-corrected chi connectivity index (χ4v) is 6.42. The third-order valence-corrected chi connectivity index (χ3v) is 8.15. The molecule has 2 aromatic heterocycles. The number of fused-ring (bicyclic) bond motifs is 1. The van der Waals surface area contributed by atoms with Crippen LogP contribution in [0.25, 0.3) is 0 Å². The molecular formula is C18H26Cl3N11O5S3. The molecule has 2 atom stereocenters. The normalized spacial score (nSPS) is 18.0. The zero-order valence-electron chi connectivity index (χ0n) is 20.4. The summed E-state index contributed by atoms with van der Waals surface area (Å²) < 4.78 is 1.52. The number of anilines is 1. The minimum atomic E-state index is -1.24. The molecule has 1 saturated heterocycles. The molecule has 0 aliphatic carbocycles. The number of aliphatic carboxylic acids is 1. The van der Waals surface area contributed by atoms with Gasteiger partial charge >= 0.3 is 5.97 Å². The predicted octanol–water partition coefficient (Wildman–Crippen LogP) is -0.854. The maximum atomic E-state index is 13.0. The summed E-state index contributed by atoms with van der Waals surface area (Å²) in [7, 11) is 0. The van der Waals surface area contributed by atoms with Gasteiger partial charge in [-0.1, -0.05) is 16.9 Å². The molecule has 1 fully saturated rings. The van der Waals surface area contributed by atoms with E-state index in [2.05, 4.69) is 31.0 Å². The molecule has 0 spiro atoms. The highest BCUT2D eigenvalue weighted by Gasteiger charge is 2.54. The number of hydrogen-bond donors (Lipinski definition) is 5. The zero-order valence-corrected chi connectivity index (χ0v) is 25.3. The molecular weight excluding hydrogens is 653 g/mol. The summed E-state index contributed by atoms with van der Waals surface area (Å²) in [5.41, 5.74) is 17.1. The number of tetrazole rings is 1. The van der Waals surface area contributed by atoms with Crippen molar-refractivity contribution in [2.75, 3.05) is 36.9 Å². The highest BCUT2D eigenvalue weighted by Crippen LogP contribution is 2.41. The molecule has 22 heteroatoms. The molecule has 2 aromatic rings. The van der Waals surface area contributed by atoms with Crippen molar-refractivity contribution in [2.24, 2.45) is 16.6 Å². The number of thioether (sulfide) groups is 2. The van der Waals surface area contributed by atoms with E-state index in [9.17, 15) is 19.5 Å². The van der Waals surface area contributed by atoms with Gasteiger partial charge in [0.2, 0.25) is 5.16 Å². The maximum absolute atomic E-state index is 13.0. The molecule has 0 bridgehead atoms. The lowest BCUT2D eigenvalue weighted by Gasteiger charge is -2.49. The summed E-state index contributed by atoms with van der Waals surface area (Å²) in [6.07, 6.45) is 0. The molecule has 0 radical (unpaired) electrons. The zero-order chi connectivity index (χ0) is 26.5. The van der Waals surface area contributed by atoms with Gasteiger partial charge in [-0.15, -0.1) is 65.4 Å². The van der Waals surface area contributed by atoms with E-state index in [1.165, 1.54) is 38.5 Å². The van der Waals surface area contributed by atoms with Crippen molar-refractivity contribution in [1.82, 2.24) is 35.4 Å². The van der Waals surface area contributed by atoms with Crippen LogP contribution in [0.15, 0.2) is 27.0 Å². The average Bonchev–Trinajstić information content (AvgIpc) is 3.51. The molecule has 2 amide bonds. The fourth-order valence-electron chi connectivity index (χ4n) is 3.48. The lowest BCUT2D eigenvalue weighted by atomic mass is 10.0. The van der Waals surface area contributed by atoms with Crippen molar-refractivity contribution in [2.45, 2.75) is 23.1 Å². The first kappa shape index (κ1) is 35.6. The van der Waals surface area contributed by atoms with Crippen molar-refractivity contribution >= 4 is 101 Å². The molecule has 2 unspecified atom stereocenters. The molecule has 2 aliphatic rings. The van der Waals surface area contributed by atoms with Gasteiger partial charge in [-0.05, 0) is 16.0 Å². The van der Waals surface area contributed by atoms with E-state index in [0.29, 0.717) is 29.6 Å². The van der Waals surface area contributed by atoms with E-state index < -0.39 is 29.2 Å². The highest BCUT2D eigenvalue weighted by atomic mass is 35.5. The predicted molar refractivity (Wildman–Crippen MR) is 157 cm³/mol. The number of nitrogens with zero attached hydrogens (tertiary/aromatic N) is 7. The number of carbonyl (C=O) groups is 3. The molecule has 4 heterocycles. The summed E-state index contributed by atoms with van der Waals surface area (Å²) in [5, 5.41) is 29.3. The van der Waals surface area contributed by atoms with Crippen LogP contribution in [0.3, 0.4) is 0 Å². The van der Waals surface area contributed by atoms with E-state index in [1.807, 2.05) is 0 Å². The summed E-state index contributed by atoms with van der Waals surface area (Å²) in [5.74, 6) is -1.92. The van der Waals surface area contributed by atoms with Crippen molar-refractivity contribution < 1.29 is 24.3 Å². The third kappa shape index (κ3) is 7.66. The van der Waals surface area contributed by atoms with Crippen molar-refractivity contribution in [3.8, 4) is 0 Å². The summed E-state index contributed by atoms with van der Waals surface area (Å²) in [6.45, 7) is 1.01. The van der Waals surface area contributed by atoms with Gasteiger partial charge in [-0.3, -0.25) is 14.5 Å². The van der Waals surface area contributed by atoms with Crippen LogP contribution in [0.2, 0.25) is 0 Å². The first-order chi connectivity index (χ1) is 17.8. The number of amides is 2. The Balaban J connectivity index is 0.00000267. The van der Waals surface area contributed by atoms with Crippen LogP contribution in [-0.4, -0.2) is 101 Å². The average molecular weight is 679 g/mol. The Morgan fingerprint density at radius 1 is 1.27 bits per heavy atom. The second-order valence-electron chi connectivity index (χ2n) is 7.51. The van der Waals surface area contributed by atoms with E-state index >= 15 is 0 Å². The van der Waals surface area contributed by atoms with Crippen LogP contribution in [0.5, 0.6) is 0 Å². The number of hydrogen-bond acceptors (Lipinski definition) is 15. The first-order valence-corrected chi connectivity index (χ1v) is 13.7. The van der Waals surface area contributed by atoms with E-state index in [1.54, 1.807) is 0 Å². The number of halogens is 3. The van der Waals surface area contributed by atoms with Crippen LogP contribution in [0.4, 0.5) is 5.13 Å². The Hall–Kier alpha value is -2.39. The van der Waals surface area contributed by atoms with Crippen LogP contribution in [-0.2, 0) is 25.8 Å². The lowest BCUT2D eigenvalue weighted by molar-refractivity contribution is -0.150. The number of thiazole rings is 1. The number of carboxylic acids is 1. The second-order valence-corrected chi connectivity index (χ2v) is 10.5. The standard InChI is InChI=1S/C18H23N11O5S3.3ClH/c19-1-3-28-18(24-26-27-28)37-6-8-5-35-15-11(14(31)29(15)12(8)16(32)33)23-13(30)10(25-34-4-2-20)9-7-36-17(21)22-9;;;/h7,11,15H,1-6,19-20H2,(H2,21,22)(H,23,30)(H,32,33);3*1H/b25-10+;;;. The van der Waals surface area contributed by atoms with Crippen LogP contribution >= 0.6 is 72.1 Å². The van der Waals surface area contributed by atoms with Gasteiger partial charge in [-0.25, -0.2) is 14.5 Å². The Kier molecular flexibility index (Phi) is 14.4. The monoisotopic (exact) mass is 677 g/mol. The van der Waals surface area contributed by atoms with Crippen molar-refractivity contribution in [1.29, 1.82) is 0 Å². The van der Waals surface area contributed by atoms with Gasteiger partial charge in [0.1, 0.15) is 29.4 Å². The SMILES string of the molecule is Cl.Cl.Cl.NCCO/N=C(/C(=O)NC1C(=O)N2C(C(=O)O)=C(CSc3nnnn3CCN)CSC12)c1csc(N)n1. The summed E-state index contributed by atoms with van der Waals surface area (Å²) in [6, 6.07) is -0.964. The van der Waals surface area contributed by atoms with Crippen molar-refractivity contribution in [3.05, 3.63) is 22.3 Å². The number of nitrogen functional groups attached to an aromatic ring is 1. The molecule has 8 N–H and O–H groups in total. The van der Waals surface area contributed by atoms with Gasteiger partial charge in [0.25, 0.3) is 11.8 Å². The molecule has 222 valence electrons. The van der Waals surface area contributed by atoms with E-state index in [-0.39, 0.29) is 78.4 Å². The van der Waals surface area contributed by atoms with Gasteiger partial charge in [-0.2, -0.15) is 0 Å². The molecule has 16 nitrogen and oxygen atoms in total.